The molecule has 0 amide bonds. The normalized spacial score (nSPS) is 32.5. The first-order valence-electron chi connectivity index (χ1n) is 12.6. The highest BCUT2D eigenvalue weighted by Gasteiger charge is 2.38. The van der Waals surface area contributed by atoms with Crippen LogP contribution in [0.5, 0.6) is 0 Å². The van der Waals surface area contributed by atoms with Crippen LogP contribution in [0.3, 0.4) is 0 Å². The van der Waals surface area contributed by atoms with Gasteiger partial charge in [-0.2, -0.15) is 17.5 Å². The van der Waals surface area contributed by atoms with Gasteiger partial charge in [0.15, 0.2) is 0 Å². The molecule has 8 rings (SSSR count). The highest BCUT2D eigenvalue weighted by atomic mass is 32.2. The van der Waals surface area contributed by atoms with Crippen LogP contribution in [0, 0.1) is 11.8 Å². The molecule has 182 valence electrons. The largest absolute Gasteiger partial charge is 0.303 e. The van der Waals surface area contributed by atoms with Crippen molar-refractivity contribution >= 4 is 47.0 Å². The second-order valence-corrected chi connectivity index (χ2v) is 13.1. The predicted molar refractivity (Wildman–Crippen MR) is 141 cm³/mol. The highest BCUT2D eigenvalue weighted by Crippen LogP contribution is 2.42. The Bertz CT molecular complexity index is 872. The third-order valence-corrected chi connectivity index (χ3v) is 11.1. The number of aromatic nitrogens is 4. The van der Waals surface area contributed by atoms with Gasteiger partial charge in [0.2, 0.25) is 0 Å². The van der Waals surface area contributed by atoms with Crippen molar-refractivity contribution in [3.05, 3.63) is 11.4 Å². The Morgan fingerprint density at radius 1 is 0.727 bits per heavy atom. The van der Waals surface area contributed by atoms with E-state index >= 15 is 0 Å². The van der Waals surface area contributed by atoms with Crippen molar-refractivity contribution in [2.24, 2.45) is 11.8 Å². The van der Waals surface area contributed by atoms with Crippen LogP contribution in [0.2, 0.25) is 0 Å². The van der Waals surface area contributed by atoms with E-state index in [1.54, 1.807) is 0 Å². The van der Waals surface area contributed by atoms with Gasteiger partial charge in [-0.15, -0.1) is 23.5 Å². The minimum Gasteiger partial charge on any atom is -0.303 e. The lowest BCUT2D eigenvalue weighted by Crippen LogP contribution is -2.46. The van der Waals surface area contributed by atoms with Crippen LogP contribution < -0.4 is 0 Å². The average molecular weight is 525 g/mol. The molecule has 0 radical (unpaired) electrons. The summed E-state index contributed by atoms with van der Waals surface area (Å²) in [5.41, 5.74) is 2.61. The zero-order valence-electron chi connectivity index (χ0n) is 19.8. The fourth-order valence-corrected chi connectivity index (χ4v) is 9.05. The van der Waals surface area contributed by atoms with E-state index in [1.807, 2.05) is 23.5 Å². The lowest BCUT2D eigenvalue weighted by atomic mass is 9.78. The van der Waals surface area contributed by atoms with Crippen LogP contribution in [-0.4, -0.2) is 78.1 Å². The number of nitrogens with zero attached hydrogens (tertiary/aromatic N) is 6. The quantitative estimate of drug-likeness (QED) is 0.452. The van der Waals surface area contributed by atoms with Crippen LogP contribution >= 0.6 is 47.0 Å². The van der Waals surface area contributed by atoms with Crippen LogP contribution in [0.15, 0.2) is 10.1 Å². The molecule has 4 bridgehead atoms. The highest BCUT2D eigenvalue weighted by molar-refractivity contribution is 7.99. The molecule has 6 aliphatic rings. The Labute approximate surface area is 215 Å². The first-order chi connectivity index (χ1) is 16.3. The molecular formula is C23H36N6S4. The summed E-state index contributed by atoms with van der Waals surface area (Å²) in [5, 5.41) is 2.42. The first-order valence-corrected chi connectivity index (χ1v) is 16.0. The molecule has 8 heterocycles. The molecule has 2 aromatic heterocycles. The van der Waals surface area contributed by atoms with Crippen LogP contribution in [0.25, 0.3) is 0 Å². The van der Waals surface area contributed by atoms with Crippen LogP contribution in [-0.2, 0) is 0 Å². The summed E-state index contributed by atoms with van der Waals surface area (Å²) in [7, 11) is 0. The molecule has 0 N–H and O–H groups in total. The zero-order valence-corrected chi connectivity index (χ0v) is 23.1. The summed E-state index contributed by atoms with van der Waals surface area (Å²) in [6.45, 7) is 12.0. The van der Waals surface area contributed by atoms with Crippen molar-refractivity contribution in [2.75, 3.05) is 50.8 Å². The molecule has 6 aliphatic heterocycles. The van der Waals surface area contributed by atoms with E-state index < -0.39 is 0 Å². The summed E-state index contributed by atoms with van der Waals surface area (Å²) >= 11 is 6.53. The lowest BCUT2D eigenvalue weighted by molar-refractivity contribution is 0.0846. The van der Waals surface area contributed by atoms with Crippen molar-refractivity contribution in [2.45, 2.75) is 67.8 Å². The molecule has 2 unspecified atom stereocenters. The Kier molecular flexibility index (Phi) is 8.63. The minimum absolute atomic E-state index is 0.662. The predicted octanol–water partition coefficient (Wildman–Crippen LogP) is 5.31. The third-order valence-electron chi connectivity index (χ3n) is 7.70. The molecule has 6 fully saturated rings. The Morgan fingerprint density at radius 3 is 1.61 bits per heavy atom. The summed E-state index contributed by atoms with van der Waals surface area (Å²) in [6, 6.07) is 0. The van der Waals surface area contributed by atoms with E-state index in [0.29, 0.717) is 11.8 Å². The number of fused-ring (bicyclic) bond motifs is 6. The average Bonchev–Trinajstić information content (AvgIpc) is 3.54. The SMILES string of the molecule is CCCSc1nsnc1C1CN2CCC1CC2.CCSc1nsnc1C1CN2CCC1CC2. The molecule has 0 spiro atoms. The standard InChI is InChI=1S/C12H19N3S2.C11H17N3S2/c1-2-7-16-12-11(13-17-14-12)10-8-15-5-3-9(10)4-6-15;1-2-15-11-10(12-16-13-11)9-7-14-5-3-8(9)4-6-14/h9-10H,2-8H2,1H3;8-9H,2-7H2,1H3. The number of rotatable bonds is 7. The van der Waals surface area contributed by atoms with Gasteiger partial charge in [-0.3, -0.25) is 0 Å². The van der Waals surface area contributed by atoms with E-state index in [-0.39, 0.29) is 0 Å². The summed E-state index contributed by atoms with van der Waals surface area (Å²) < 4.78 is 18.1. The van der Waals surface area contributed by atoms with Gasteiger partial charge < -0.3 is 9.80 Å². The van der Waals surface area contributed by atoms with Crippen LogP contribution in [0.1, 0.15) is 69.2 Å². The molecule has 6 saturated heterocycles. The number of hydrogen-bond acceptors (Lipinski definition) is 10. The summed E-state index contributed by atoms with van der Waals surface area (Å²) in [5.74, 6) is 5.32. The van der Waals surface area contributed by atoms with Gasteiger partial charge in [0.05, 0.1) is 34.8 Å². The van der Waals surface area contributed by atoms with Gasteiger partial charge in [-0.25, -0.2) is 0 Å². The minimum atomic E-state index is 0.662. The van der Waals surface area contributed by atoms with Gasteiger partial charge in [0.25, 0.3) is 0 Å². The molecule has 2 aromatic rings. The summed E-state index contributed by atoms with van der Waals surface area (Å²) in [4.78, 5) is 5.18. The van der Waals surface area contributed by atoms with Crippen LogP contribution in [0.4, 0.5) is 0 Å². The van der Waals surface area contributed by atoms with E-state index in [1.165, 1.54) is 122 Å². The maximum Gasteiger partial charge on any atom is 0.134 e. The van der Waals surface area contributed by atoms with E-state index in [2.05, 4.69) is 41.1 Å². The fraction of sp³-hybridized carbons (Fsp3) is 0.826. The van der Waals surface area contributed by atoms with Gasteiger partial charge >= 0.3 is 0 Å². The number of thioether (sulfide) groups is 2. The molecule has 0 aliphatic carbocycles. The van der Waals surface area contributed by atoms with Crippen molar-refractivity contribution in [1.82, 2.24) is 27.3 Å². The van der Waals surface area contributed by atoms with E-state index in [0.717, 1.165) is 17.6 Å². The maximum absolute atomic E-state index is 4.59. The van der Waals surface area contributed by atoms with Gasteiger partial charge in [-0.05, 0) is 81.6 Å². The molecule has 2 atom stereocenters. The second-order valence-electron chi connectivity index (χ2n) is 9.68. The van der Waals surface area contributed by atoms with Crippen molar-refractivity contribution in [3.8, 4) is 0 Å². The Morgan fingerprint density at radius 2 is 1.21 bits per heavy atom. The molecule has 6 nitrogen and oxygen atoms in total. The second kappa shape index (κ2) is 11.6. The fourth-order valence-electron chi connectivity index (χ4n) is 5.91. The summed E-state index contributed by atoms with van der Waals surface area (Å²) in [6.07, 6.45) is 6.65. The third kappa shape index (κ3) is 5.61. The first kappa shape index (κ1) is 24.4. The van der Waals surface area contributed by atoms with Crippen molar-refractivity contribution < 1.29 is 0 Å². The monoisotopic (exact) mass is 524 g/mol. The number of piperidine rings is 6. The van der Waals surface area contributed by atoms with Gasteiger partial charge in [-0.1, -0.05) is 13.8 Å². The molecule has 33 heavy (non-hydrogen) atoms. The smallest absolute Gasteiger partial charge is 0.134 e. The van der Waals surface area contributed by atoms with E-state index in [4.69, 9.17) is 0 Å². The molecule has 0 aromatic carbocycles. The van der Waals surface area contributed by atoms with Gasteiger partial charge in [0, 0.05) is 24.9 Å². The molecule has 0 saturated carbocycles. The molecular weight excluding hydrogens is 489 g/mol. The lowest BCUT2D eigenvalue weighted by Gasteiger charge is -2.44. The molecule has 10 heteroatoms. The number of hydrogen-bond donors (Lipinski definition) is 0. The zero-order chi connectivity index (χ0) is 22.6. The van der Waals surface area contributed by atoms with Crippen molar-refractivity contribution in [1.29, 1.82) is 0 Å². The maximum atomic E-state index is 4.59. The Hall–Kier alpha value is -0.260. The topological polar surface area (TPSA) is 58.0 Å². The van der Waals surface area contributed by atoms with Gasteiger partial charge in [0.1, 0.15) is 10.1 Å². The van der Waals surface area contributed by atoms with E-state index in [9.17, 15) is 0 Å². The Balaban J connectivity index is 0.000000139. The van der Waals surface area contributed by atoms with Crippen molar-refractivity contribution in [3.63, 3.8) is 0 Å².